The fourth-order valence-electron chi connectivity index (χ4n) is 1.95. The van der Waals surface area contributed by atoms with Crippen LogP contribution in [0.3, 0.4) is 0 Å². The van der Waals surface area contributed by atoms with Crippen LogP contribution in [0.5, 0.6) is 5.75 Å². The van der Waals surface area contributed by atoms with Gasteiger partial charge in [-0.1, -0.05) is 22.9 Å². The molecule has 0 spiro atoms. The monoisotopic (exact) mass is 326 g/mol. The highest BCUT2D eigenvalue weighted by Gasteiger charge is 2.18. The normalized spacial score (nSPS) is 12.4. The first kappa shape index (κ1) is 13.4. The maximum absolute atomic E-state index is 5.76. The van der Waals surface area contributed by atoms with E-state index in [9.17, 15) is 0 Å². The number of methoxy groups -OCH3 is 1. The van der Waals surface area contributed by atoms with Gasteiger partial charge in [-0.15, -0.1) is 11.3 Å². The summed E-state index contributed by atoms with van der Waals surface area (Å²) in [6.45, 7) is 4.15. The molecule has 0 saturated carbocycles. The van der Waals surface area contributed by atoms with Crippen LogP contribution in [0.4, 0.5) is 5.13 Å². The molecule has 0 aliphatic heterocycles. The quantitative estimate of drug-likeness (QED) is 0.928. The number of thiazole rings is 1. The number of nitrogens with two attached hydrogens (primary N) is 1. The molecule has 2 rings (SSSR count). The van der Waals surface area contributed by atoms with E-state index in [1.165, 1.54) is 10.4 Å². The van der Waals surface area contributed by atoms with Gasteiger partial charge < -0.3 is 10.5 Å². The number of hydrogen-bond donors (Lipinski definition) is 1. The largest absolute Gasteiger partial charge is 0.497 e. The maximum Gasteiger partial charge on any atom is 0.180 e. The lowest BCUT2D eigenvalue weighted by molar-refractivity contribution is 0.414. The van der Waals surface area contributed by atoms with Crippen molar-refractivity contribution in [2.75, 3.05) is 12.8 Å². The Kier molecular flexibility index (Phi) is 3.92. The molecule has 2 N–H and O–H groups in total. The van der Waals surface area contributed by atoms with Gasteiger partial charge in [0.1, 0.15) is 5.75 Å². The molecular weight excluding hydrogens is 312 g/mol. The summed E-state index contributed by atoms with van der Waals surface area (Å²) in [6.07, 6.45) is 0. The van der Waals surface area contributed by atoms with Crippen molar-refractivity contribution in [1.29, 1.82) is 0 Å². The molecule has 1 unspecified atom stereocenters. The molecule has 0 aliphatic carbocycles. The topological polar surface area (TPSA) is 48.1 Å². The molecule has 2 aromatic rings. The SMILES string of the molecule is COc1ccc(Br)c(C(C)c2sc(N)nc2C)c1. The van der Waals surface area contributed by atoms with Crippen molar-refractivity contribution >= 4 is 32.4 Å². The fourth-order valence-corrected chi connectivity index (χ4v) is 3.45. The maximum atomic E-state index is 5.76. The molecule has 96 valence electrons. The third kappa shape index (κ3) is 2.52. The second kappa shape index (κ2) is 5.28. The molecule has 1 atom stereocenters. The number of ether oxygens (including phenoxy) is 1. The third-order valence-corrected chi connectivity index (χ3v) is 4.80. The minimum Gasteiger partial charge on any atom is -0.497 e. The molecule has 5 heteroatoms. The van der Waals surface area contributed by atoms with Crippen molar-refractivity contribution < 1.29 is 4.74 Å². The molecule has 1 heterocycles. The van der Waals surface area contributed by atoms with Gasteiger partial charge in [-0.2, -0.15) is 0 Å². The first-order valence-electron chi connectivity index (χ1n) is 5.59. The summed E-state index contributed by atoms with van der Waals surface area (Å²) < 4.78 is 6.35. The predicted octanol–water partition coefficient (Wildman–Crippen LogP) is 3.96. The van der Waals surface area contributed by atoms with Crippen molar-refractivity contribution in [3.63, 3.8) is 0 Å². The van der Waals surface area contributed by atoms with Gasteiger partial charge in [0.25, 0.3) is 0 Å². The molecular formula is C13H15BrN2OS. The number of benzene rings is 1. The van der Waals surface area contributed by atoms with Gasteiger partial charge in [-0.05, 0) is 30.7 Å². The van der Waals surface area contributed by atoms with Gasteiger partial charge in [0.15, 0.2) is 5.13 Å². The van der Waals surface area contributed by atoms with Crippen molar-refractivity contribution in [3.05, 3.63) is 38.8 Å². The Balaban J connectivity index is 2.45. The number of aryl methyl sites for hydroxylation is 1. The Hall–Kier alpha value is -1.07. The van der Waals surface area contributed by atoms with E-state index in [1.807, 2.05) is 25.1 Å². The average molecular weight is 327 g/mol. The number of hydrogen-bond acceptors (Lipinski definition) is 4. The molecule has 18 heavy (non-hydrogen) atoms. The van der Waals surface area contributed by atoms with Gasteiger partial charge in [-0.25, -0.2) is 4.98 Å². The van der Waals surface area contributed by atoms with E-state index >= 15 is 0 Å². The molecule has 0 fully saturated rings. The smallest absolute Gasteiger partial charge is 0.180 e. The Morgan fingerprint density at radius 2 is 2.17 bits per heavy atom. The molecule has 0 saturated heterocycles. The summed E-state index contributed by atoms with van der Waals surface area (Å²) in [7, 11) is 1.67. The van der Waals surface area contributed by atoms with E-state index in [1.54, 1.807) is 18.4 Å². The van der Waals surface area contributed by atoms with Crippen LogP contribution in [-0.2, 0) is 0 Å². The molecule has 0 aliphatic rings. The summed E-state index contributed by atoms with van der Waals surface area (Å²) in [4.78, 5) is 5.48. The Morgan fingerprint density at radius 3 is 2.72 bits per heavy atom. The molecule has 0 amide bonds. The van der Waals surface area contributed by atoms with Crippen LogP contribution < -0.4 is 10.5 Å². The highest BCUT2D eigenvalue weighted by atomic mass is 79.9. The standard InChI is InChI=1S/C13H15BrN2OS/c1-7(12-8(2)16-13(15)18-12)10-6-9(17-3)4-5-11(10)14/h4-7H,1-3H3,(H2,15,16). The molecule has 0 radical (unpaired) electrons. The Bertz CT molecular complexity index is 568. The zero-order valence-electron chi connectivity index (χ0n) is 10.5. The van der Waals surface area contributed by atoms with Crippen LogP contribution in [0.2, 0.25) is 0 Å². The minimum absolute atomic E-state index is 0.240. The number of aromatic nitrogens is 1. The summed E-state index contributed by atoms with van der Waals surface area (Å²) in [6, 6.07) is 5.99. The number of halogens is 1. The molecule has 3 nitrogen and oxygen atoms in total. The van der Waals surface area contributed by atoms with E-state index in [2.05, 4.69) is 27.8 Å². The van der Waals surface area contributed by atoms with Gasteiger partial charge in [0, 0.05) is 15.3 Å². The summed E-state index contributed by atoms with van der Waals surface area (Å²) in [5.74, 6) is 1.10. The average Bonchev–Trinajstić information content (AvgIpc) is 2.68. The summed E-state index contributed by atoms with van der Waals surface area (Å²) >= 11 is 5.13. The van der Waals surface area contributed by atoms with Gasteiger partial charge in [0.2, 0.25) is 0 Å². The van der Waals surface area contributed by atoms with Gasteiger partial charge in [0.05, 0.1) is 12.8 Å². The number of anilines is 1. The second-order valence-corrected chi connectivity index (χ2v) is 6.03. The fraction of sp³-hybridized carbons (Fsp3) is 0.308. The van der Waals surface area contributed by atoms with Crippen LogP contribution in [0, 0.1) is 6.92 Å². The van der Waals surface area contributed by atoms with Crippen LogP contribution in [0.15, 0.2) is 22.7 Å². The van der Waals surface area contributed by atoms with Crippen molar-refractivity contribution in [2.45, 2.75) is 19.8 Å². The van der Waals surface area contributed by atoms with E-state index in [-0.39, 0.29) is 5.92 Å². The van der Waals surface area contributed by atoms with Crippen molar-refractivity contribution in [2.24, 2.45) is 0 Å². The third-order valence-electron chi connectivity index (χ3n) is 2.91. The first-order valence-corrected chi connectivity index (χ1v) is 7.20. The van der Waals surface area contributed by atoms with Crippen LogP contribution >= 0.6 is 27.3 Å². The minimum atomic E-state index is 0.240. The van der Waals surface area contributed by atoms with E-state index in [0.29, 0.717) is 5.13 Å². The van der Waals surface area contributed by atoms with E-state index in [0.717, 1.165) is 15.9 Å². The lowest BCUT2D eigenvalue weighted by Gasteiger charge is -2.14. The molecule has 0 bridgehead atoms. The molecule has 1 aromatic carbocycles. The lowest BCUT2D eigenvalue weighted by Crippen LogP contribution is -1.98. The second-order valence-electron chi connectivity index (χ2n) is 4.11. The number of rotatable bonds is 3. The highest BCUT2D eigenvalue weighted by Crippen LogP contribution is 2.37. The zero-order chi connectivity index (χ0) is 13.3. The van der Waals surface area contributed by atoms with Crippen LogP contribution in [0.1, 0.15) is 29.0 Å². The highest BCUT2D eigenvalue weighted by molar-refractivity contribution is 9.10. The Labute approximate surface area is 119 Å². The van der Waals surface area contributed by atoms with Crippen LogP contribution in [-0.4, -0.2) is 12.1 Å². The van der Waals surface area contributed by atoms with Crippen molar-refractivity contribution in [1.82, 2.24) is 4.98 Å². The number of nitrogens with zero attached hydrogens (tertiary/aromatic N) is 1. The number of nitrogen functional groups attached to an aromatic ring is 1. The summed E-state index contributed by atoms with van der Waals surface area (Å²) in [5.41, 5.74) is 7.94. The van der Waals surface area contributed by atoms with Gasteiger partial charge in [-0.3, -0.25) is 0 Å². The van der Waals surface area contributed by atoms with E-state index in [4.69, 9.17) is 10.5 Å². The summed E-state index contributed by atoms with van der Waals surface area (Å²) in [5, 5.41) is 0.619. The van der Waals surface area contributed by atoms with Crippen molar-refractivity contribution in [3.8, 4) is 5.75 Å². The predicted molar refractivity (Wildman–Crippen MR) is 79.5 cm³/mol. The zero-order valence-corrected chi connectivity index (χ0v) is 12.9. The van der Waals surface area contributed by atoms with Gasteiger partial charge >= 0.3 is 0 Å². The molecule has 1 aromatic heterocycles. The first-order chi connectivity index (χ1) is 8.52. The van der Waals surface area contributed by atoms with E-state index < -0.39 is 0 Å². The lowest BCUT2D eigenvalue weighted by atomic mass is 9.98. The Morgan fingerprint density at radius 1 is 1.44 bits per heavy atom. The van der Waals surface area contributed by atoms with Crippen LogP contribution in [0.25, 0.3) is 0 Å².